The van der Waals surface area contributed by atoms with Crippen molar-refractivity contribution in [2.75, 3.05) is 0 Å². The Labute approximate surface area is 115 Å². The van der Waals surface area contributed by atoms with Crippen molar-refractivity contribution in [2.24, 2.45) is 0 Å². The Balaban J connectivity index is 2.80. The number of nitrogens with one attached hydrogen (secondary N) is 1. The highest BCUT2D eigenvalue weighted by molar-refractivity contribution is 5.97. The second-order valence-electron chi connectivity index (χ2n) is 4.38. The number of carboxylic acids is 2. The van der Waals surface area contributed by atoms with Gasteiger partial charge in [-0.25, -0.2) is 4.79 Å². The number of pyridine rings is 1. The van der Waals surface area contributed by atoms with Crippen LogP contribution in [0.15, 0.2) is 12.1 Å². The maximum Gasteiger partial charge on any atom is 0.326 e. The number of aromatic nitrogens is 1. The fourth-order valence-electron chi connectivity index (χ4n) is 1.69. The average Bonchev–Trinajstić information content (AvgIpc) is 2.33. The summed E-state index contributed by atoms with van der Waals surface area (Å²) in [5.41, 5.74) is 1.52. The zero-order valence-corrected chi connectivity index (χ0v) is 11.2. The standard InChI is InChI=1S/C13H16N2O5/c1-7-3-4-9(8(2)14-7)12(18)15-10(13(19)20)5-6-11(16)17/h3-4,10H,5-6H2,1-2H3,(H,15,18)(H,16,17)(H,19,20)/t10-/m0/s1. The molecule has 0 aromatic carbocycles. The van der Waals surface area contributed by atoms with E-state index in [-0.39, 0.29) is 18.4 Å². The maximum absolute atomic E-state index is 12.0. The Bertz CT molecular complexity index is 542. The summed E-state index contributed by atoms with van der Waals surface area (Å²) in [4.78, 5) is 37.5. The predicted molar refractivity (Wildman–Crippen MR) is 69.5 cm³/mol. The molecule has 1 amide bonds. The summed E-state index contributed by atoms with van der Waals surface area (Å²) in [5.74, 6) is -2.95. The van der Waals surface area contributed by atoms with E-state index in [2.05, 4.69) is 10.3 Å². The highest BCUT2D eigenvalue weighted by Crippen LogP contribution is 2.08. The van der Waals surface area contributed by atoms with Gasteiger partial charge in [0, 0.05) is 12.1 Å². The molecule has 108 valence electrons. The van der Waals surface area contributed by atoms with Crippen molar-refractivity contribution in [3.8, 4) is 0 Å². The van der Waals surface area contributed by atoms with Gasteiger partial charge in [-0.2, -0.15) is 0 Å². The van der Waals surface area contributed by atoms with Crippen molar-refractivity contribution in [2.45, 2.75) is 32.7 Å². The molecule has 0 aliphatic heterocycles. The van der Waals surface area contributed by atoms with Gasteiger partial charge in [-0.3, -0.25) is 14.6 Å². The third-order valence-corrected chi connectivity index (χ3v) is 2.72. The van der Waals surface area contributed by atoms with Crippen LogP contribution in [0, 0.1) is 13.8 Å². The first-order valence-corrected chi connectivity index (χ1v) is 6.01. The second kappa shape index (κ2) is 6.65. The summed E-state index contributed by atoms with van der Waals surface area (Å²) in [7, 11) is 0. The molecular weight excluding hydrogens is 264 g/mol. The SMILES string of the molecule is Cc1ccc(C(=O)N[C@@H](CCC(=O)O)C(=O)O)c(C)n1. The van der Waals surface area contributed by atoms with Gasteiger partial charge in [-0.15, -0.1) is 0 Å². The van der Waals surface area contributed by atoms with Crippen LogP contribution >= 0.6 is 0 Å². The van der Waals surface area contributed by atoms with Gasteiger partial charge < -0.3 is 15.5 Å². The predicted octanol–water partition coefficient (Wildman–Crippen LogP) is 0.746. The molecule has 7 heteroatoms. The van der Waals surface area contributed by atoms with Crippen molar-refractivity contribution in [1.29, 1.82) is 0 Å². The number of hydrogen-bond acceptors (Lipinski definition) is 4. The third-order valence-electron chi connectivity index (χ3n) is 2.72. The number of carboxylic acid groups (broad SMARTS) is 2. The molecule has 1 atom stereocenters. The van der Waals surface area contributed by atoms with Gasteiger partial charge in [0.15, 0.2) is 0 Å². The smallest absolute Gasteiger partial charge is 0.326 e. The molecular formula is C13H16N2O5. The Hall–Kier alpha value is -2.44. The molecule has 0 saturated heterocycles. The van der Waals surface area contributed by atoms with Crippen molar-refractivity contribution in [3.63, 3.8) is 0 Å². The lowest BCUT2D eigenvalue weighted by Gasteiger charge is -2.14. The molecule has 0 spiro atoms. The summed E-state index contributed by atoms with van der Waals surface area (Å²) in [5, 5.41) is 19.8. The quantitative estimate of drug-likeness (QED) is 0.707. The minimum atomic E-state index is -1.27. The number of aryl methyl sites for hydroxylation is 2. The van der Waals surface area contributed by atoms with Crippen molar-refractivity contribution in [1.82, 2.24) is 10.3 Å². The van der Waals surface area contributed by atoms with Crippen LogP contribution in [0.3, 0.4) is 0 Å². The van der Waals surface area contributed by atoms with Crippen LogP contribution in [0.2, 0.25) is 0 Å². The Morgan fingerprint density at radius 2 is 1.90 bits per heavy atom. The highest BCUT2D eigenvalue weighted by atomic mass is 16.4. The zero-order valence-electron chi connectivity index (χ0n) is 11.2. The summed E-state index contributed by atoms with van der Waals surface area (Å²) >= 11 is 0. The van der Waals surface area contributed by atoms with Crippen LogP contribution in [-0.4, -0.2) is 39.1 Å². The fraction of sp³-hybridized carbons (Fsp3) is 0.385. The van der Waals surface area contributed by atoms with Gasteiger partial charge in [-0.1, -0.05) is 0 Å². The minimum Gasteiger partial charge on any atom is -0.481 e. The van der Waals surface area contributed by atoms with Crippen molar-refractivity contribution >= 4 is 17.8 Å². The molecule has 0 aliphatic rings. The van der Waals surface area contributed by atoms with Crippen molar-refractivity contribution in [3.05, 3.63) is 29.1 Å². The first-order valence-electron chi connectivity index (χ1n) is 6.01. The van der Waals surface area contributed by atoms with Gasteiger partial charge in [0.05, 0.1) is 11.3 Å². The van der Waals surface area contributed by atoms with E-state index < -0.39 is 23.9 Å². The van der Waals surface area contributed by atoms with Gasteiger partial charge in [-0.05, 0) is 32.4 Å². The first kappa shape index (κ1) is 15.6. The minimum absolute atomic E-state index is 0.172. The molecule has 0 saturated carbocycles. The van der Waals surface area contributed by atoms with Gasteiger partial charge in [0.2, 0.25) is 0 Å². The largest absolute Gasteiger partial charge is 0.481 e. The lowest BCUT2D eigenvalue weighted by molar-refractivity contribution is -0.140. The van der Waals surface area contributed by atoms with Crippen LogP contribution in [-0.2, 0) is 9.59 Å². The third kappa shape index (κ3) is 4.34. The number of rotatable bonds is 6. The average molecular weight is 280 g/mol. The summed E-state index contributed by atoms with van der Waals surface area (Å²) < 4.78 is 0. The van der Waals surface area contributed by atoms with Crippen LogP contribution in [0.1, 0.15) is 34.6 Å². The number of nitrogens with zero attached hydrogens (tertiary/aromatic N) is 1. The van der Waals surface area contributed by atoms with Crippen LogP contribution in [0.5, 0.6) is 0 Å². The first-order chi connectivity index (χ1) is 9.31. The molecule has 1 rings (SSSR count). The number of carbonyl (C=O) groups is 3. The molecule has 1 heterocycles. The molecule has 0 radical (unpaired) electrons. The van der Waals surface area contributed by atoms with Gasteiger partial charge >= 0.3 is 11.9 Å². The Morgan fingerprint density at radius 1 is 1.25 bits per heavy atom. The van der Waals surface area contributed by atoms with Crippen LogP contribution in [0.4, 0.5) is 0 Å². The van der Waals surface area contributed by atoms with E-state index >= 15 is 0 Å². The molecule has 1 aromatic rings. The lowest BCUT2D eigenvalue weighted by Crippen LogP contribution is -2.41. The zero-order chi connectivity index (χ0) is 15.3. The maximum atomic E-state index is 12.0. The fourth-order valence-corrected chi connectivity index (χ4v) is 1.69. The van der Waals surface area contributed by atoms with E-state index in [4.69, 9.17) is 10.2 Å². The number of hydrogen-bond donors (Lipinski definition) is 3. The van der Waals surface area contributed by atoms with Crippen LogP contribution in [0.25, 0.3) is 0 Å². The van der Waals surface area contributed by atoms with E-state index in [1.54, 1.807) is 26.0 Å². The highest BCUT2D eigenvalue weighted by Gasteiger charge is 2.22. The van der Waals surface area contributed by atoms with E-state index in [0.29, 0.717) is 5.69 Å². The van der Waals surface area contributed by atoms with E-state index in [1.807, 2.05) is 0 Å². The summed E-state index contributed by atoms with van der Waals surface area (Å²) in [6.07, 6.45) is -0.503. The Morgan fingerprint density at radius 3 is 2.40 bits per heavy atom. The molecule has 0 aliphatic carbocycles. The monoisotopic (exact) mass is 280 g/mol. The molecule has 0 bridgehead atoms. The van der Waals surface area contributed by atoms with E-state index in [9.17, 15) is 14.4 Å². The summed E-state index contributed by atoms with van der Waals surface area (Å²) in [6, 6.07) is 1.97. The molecule has 20 heavy (non-hydrogen) atoms. The van der Waals surface area contributed by atoms with Gasteiger partial charge in [0.25, 0.3) is 5.91 Å². The normalized spacial score (nSPS) is 11.7. The Kier molecular flexibility index (Phi) is 5.19. The van der Waals surface area contributed by atoms with Gasteiger partial charge in [0.1, 0.15) is 6.04 Å². The van der Waals surface area contributed by atoms with Crippen LogP contribution < -0.4 is 5.32 Å². The lowest BCUT2D eigenvalue weighted by atomic mass is 10.1. The number of aliphatic carboxylic acids is 2. The topological polar surface area (TPSA) is 117 Å². The van der Waals surface area contributed by atoms with E-state index in [0.717, 1.165) is 5.69 Å². The van der Waals surface area contributed by atoms with Crippen molar-refractivity contribution < 1.29 is 24.6 Å². The molecule has 0 unspecified atom stereocenters. The molecule has 3 N–H and O–H groups in total. The number of carbonyl (C=O) groups excluding carboxylic acids is 1. The molecule has 7 nitrogen and oxygen atoms in total. The molecule has 1 aromatic heterocycles. The molecule has 0 fully saturated rings. The van der Waals surface area contributed by atoms with E-state index in [1.165, 1.54) is 0 Å². The summed E-state index contributed by atoms with van der Waals surface area (Å²) in [6.45, 7) is 3.43. The number of amides is 1. The second-order valence-corrected chi connectivity index (χ2v) is 4.38.